The molecule has 2 amide bonds. The van der Waals surface area contributed by atoms with Crippen LogP contribution in [0, 0.1) is 0 Å². The number of nitrogens with zero attached hydrogens (tertiary/aromatic N) is 7. The van der Waals surface area contributed by atoms with Gasteiger partial charge in [-0.1, -0.05) is 0 Å². The summed E-state index contributed by atoms with van der Waals surface area (Å²) >= 11 is 0. The van der Waals surface area contributed by atoms with Crippen molar-refractivity contribution in [2.24, 2.45) is 0 Å². The van der Waals surface area contributed by atoms with Crippen LogP contribution < -0.4 is 20.4 Å². The van der Waals surface area contributed by atoms with Crippen LogP contribution in [0.2, 0.25) is 0 Å². The quantitative estimate of drug-likeness (QED) is 0.508. The molecule has 0 aliphatic carbocycles. The van der Waals surface area contributed by atoms with Gasteiger partial charge in [-0.15, -0.1) is 0 Å². The van der Waals surface area contributed by atoms with Gasteiger partial charge in [0.1, 0.15) is 0 Å². The fourth-order valence-corrected chi connectivity index (χ4v) is 4.61. The summed E-state index contributed by atoms with van der Waals surface area (Å²) in [5.74, 6) is 2.01. The maximum Gasteiger partial charge on any atom is 0.323 e. The molecule has 3 aromatic rings. The highest BCUT2D eigenvalue weighted by molar-refractivity contribution is 5.99. The van der Waals surface area contributed by atoms with E-state index in [9.17, 15) is 4.79 Å². The molecule has 1 aromatic carbocycles. The van der Waals surface area contributed by atoms with Gasteiger partial charge in [-0.05, 0) is 56.7 Å². The zero-order valence-electron chi connectivity index (χ0n) is 22.0. The Morgan fingerprint density at radius 1 is 0.789 bits per heavy atom. The van der Waals surface area contributed by atoms with Crippen LogP contribution in [-0.2, 0) is 4.74 Å². The highest BCUT2D eigenvalue weighted by atomic mass is 16.5. The lowest BCUT2D eigenvalue weighted by atomic mass is 10.2. The lowest BCUT2D eigenvalue weighted by Crippen LogP contribution is -2.38. The lowest BCUT2D eigenvalue weighted by Gasteiger charge is -2.28. The van der Waals surface area contributed by atoms with Gasteiger partial charge in [-0.3, -0.25) is 9.88 Å². The third kappa shape index (κ3) is 6.53. The number of morpholine rings is 1. The Balaban J connectivity index is 1.36. The molecule has 38 heavy (non-hydrogen) atoms. The van der Waals surface area contributed by atoms with Crippen LogP contribution in [-0.4, -0.2) is 89.4 Å². The number of ether oxygens (including phenoxy) is 1. The van der Waals surface area contributed by atoms with Crippen LogP contribution in [0.3, 0.4) is 0 Å². The van der Waals surface area contributed by atoms with E-state index in [-0.39, 0.29) is 6.03 Å². The Morgan fingerprint density at radius 3 is 2.08 bits per heavy atom. The molecule has 2 N–H and O–H groups in total. The zero-order chi connectivity index (χ0) is 26.3. The monoisotopic (exact) mass is 517 g/mol. The third-order valence-corrected chi connectivity index (χ3v) is 6.79. The Kier molecular flexibility index (Phi) is 8.25. The molecule has 2 fully saturated rings. The first-order chi connectivity index (χ1) is 18.5. The van der Waals surface area contributed by atoms with Crippen molar-refractivity contribution in [2.45, 2.75) is 26.3 Å². The van der Waals surface area contributed by atoms with Crippen LogP contribution in [0.1, 0.15) is 20.3 Å². The second-order valence-electron chi connectivity index (χ2n) is 9.72. The predicted octanol–water partition coefficient (Wildman–Crippen LogP) is 3.33. The van der Waals surface area contributed by atoms with Gasteiger partial charge >= 0.3 is 6.03 Å². The predicted molar refractivity (Wildman–Crippen MR) is 149 cm³/mol. The first-order valence-corrected chi connectivity index (χ1v) is 13.2. The number of urea groups is 1. The first kappa shape index (κ1) is 25.8. The smallest absolute Gasteiger partial charge is 0.323 e. The normalized spacial score (nSPS) is 16.8. The first-order valence-electron chi connectivity index (χ1n) is 13.2. The van der Waals surface area contributed by atoms with Gasteiger partial charge in [0.15, 0.2) is 5.82 Å². The summed E-state index contributed by atoms with van der Waals surface area (Å²) in [5.41, 5.74) is 2.21. The SMILES string of the molecule is CC(C)N1CCCN(c2nc(-c3ccc(NC(=O)Nc4ccncc4)cc3)nc(N3CCOCC3)n2)CC1. The van der Waals surface area contributed by atoms with Crippen molar-refractivity contribution in [3.63, 3.8) is 0 Å². The summed E-state index contributed by atoms with van der Waals surface area (Å²) in [6.07, 6.45) is 4.32. The number of rotatable bonds is 6. The second kappa shape index (κ2) is 12.1. The number of aromatic nitrogens is 4. The molecule has 2 saturated heterocycles. The number of pyridine rings is 1. The fourth-order valence-electron chi connectivity index (χ4n) is 4.61. The molecule has 2 aliphatic heterocycles. The molecule has 11 nitrogen and oxygen atoms in total. The van der Waals surface area contributed by atoms with E-state index in [1.165, 1.54) is 0 Å². The van der Waals surface area contributed by atoms with Crippen LogP contribution in [0.4, 0.5) is 28.1 Å². The van der Waals surface area contributed by atoms with E-state index in [0.29, 0.717) is 48.4 Å². The third-order valence-electron chi connectivity index (χ3n) is 6.79. The van der Waals surface area contributed by atoms with Gasteiger partial charge in [0.25, 0.3) is 0 Å². The summed E-state index contributed by atoms with van der Waals surface area (Å²) in [5, 5.41) is 5.65. The van der Waals surface area contributed by atoms with Gasteiger partial charge in [0.2, 0.25) is 11.9 Å². The van der Waals surface area contributed by atoms with Gasteiger partial charge in [0, 0.05) is 74.6 Å². The summed E-state index contributed by atoms with van der Waals surface area (Å²) < 4.78 is 5.54. The van der Waals surface area contributed by atoms with Crippen molar-refractivity contribution in [1.82, 2.24) is 24.8 Å². The van der Waals surface area contributed by atoms with Gasteiger partial charge in [0.05, 0.1) is 13.2 Å². The van der Waals surface area contributed by atoms with Crippen LogP contribution in [0.15, 0.2) is 48.8 Å². The van der Waals surface area contributed by atoms with Gasteiger partial charge in [-0.25, -0.2) is 4.79 Å². The Labute approximate surface area is 223 Å². The number of nitrogens with one attached hydrogen (secondary N) is 2. The van der Waals surface area contributed by atoms with Crippen molar-refractivity contribution in [1.29, 1.82) is 0 Å². The van der Waals surface area contributed by atoms with Crippen molar-refractivity contribution in [3.8, 4) is 11.4 Å². The molecule has 2 aromatic heterocycles. The minimum atomic E-state index is -0.322. The number of hydrogen-bond acceptors (Lipinski definition) is 9. The number of carbonyl (C=O) groups is 1. The lowest BCUT2D eigenvalue weighted by molar-refractivity contribution is 0.122. The van der Waals surface area contributed by atoms with E-state index >= 15 is 0 Å². The molecule has 200 valence electrons. The Bertz CT molecular complexity index is 1200. The topological polar surface area (TPSA) is 112 Å². The average Bonchev–Trinajstić information content (AvgIpc) is 3.21. The van der Waals surface area contributed by atoms with E-state index in [1.54, 1.807) is 24.5 Å². The molecule has 0 saturated carbocycles. The molecule has 5 rings (SSSR count). The summed E-state index contributed by atoms with van der Waals surface area (Å²) in [7, 11) is 0. The summed E-state index contributed by atoms with van der Waals surface area (Å²) in [6.45, 7) is 11.1. The second-order valence-corrected chi connectivity index (χ2v) is 9.72. The summed E-state index contributed by atoms with van der Waals surface area (Å²) in [6, 6.07) is 11.2. The molecule has 0 unspecified atom stereocenters. The molecular weight excluding hydrogens is 482 g/mol. The van der Waals surface area contributed by atoms with Crippen molar-refractivity contribution in [2.75, 3.05) is 72.9 Å². The van der Waals surface area contributed by atoms with E-state index in [1.807, 2.05) is 24.3 Å². The Morgan fingerprint density at radius 2 is 1.42 bits per heavy atom. The van der Waals surface area contributed by atoms with Crippen LogP contribution in [0.5, 0.6) is 0 Å². The standard InChI is InChI=1S/C27H35N9O2/c1-20(2)34-12-3-13-35(15-14-34)25-31-24(32-26(33-25)36-16-18-38-19-17-36)21-4-6-22(7-5-21)29-27(37)30-23-8-10-28-11-9-23/h4-11,20H,3,12-19H2,1-2H3,(H2,28,29,30,37). The van der Waals surface area contributed by atoms with E-state index in [0.717, 1.165) is 51.3 Å². The number of amides is 2. The molecule has 0 spiro atoms. The molecule has 0 radical (unpaired) electrons. The van der Waals surface area contributed by atoms with Gasteiger partial charge < -0.3 is 25.2 Å². The average molecular weight is 518 g/mol. The number of hydrogen-bond donors (Lipinski definition) is 2. The molecule has 11 heteroatoms. The molecule has 4 heterocycles. The van der Waals surface area contributed by atoms with Crippen LogP contribution >= 0.6 is 0 Å². The molecular formula is C27H35N9O2. The largest absolute Gasteiger partial charge is 0.378 e. The highest BCUT2D eigenvalue weighted by Gasteiger charge is 2.23. The minimum Gasteiger partial charge on any atom is -0.378 e. The molecule has 0 bridgehead atoms. The molecule has 0 atom stereocenters. The van der Waals surface area contributed by atoms with E-state index in [2.05, 4.69) is 44.2 Å². The zero-order valence-corrected chi connectivity index (χ0v) is 22.0. The maximum absolute atomic E-state index is 12.4. The number of benzene rings is 1. The fraction of sp³-hybridized carbons (Fsp3) is 0.444. The summed E-state index contributed by atoms with van der Waals surface area (Å²) in [4.78, 5) is 37.9. The van der Waals surface area contributed by atoms with Crippen molar-refractivity contribution in [3.05, 3.63) is 48.8 Å². The van der Waals surface area contributed by atoms with Crippen molar-refractivity contribution >= 4 is 29.3 Å². The van der Waals surface area contributed by atoms with E-state index in [4.69, 9.17) is 19.7 Å². The van der Waals surface area contributed by atoms with E-state index < -0.39 is 0 Å². The van der Waals surface area contributed by atoms with Crippen molar-refractivity contribution < 1.29 is 9.53 Å². The number of anilines is 4. The maximum atomic E-state index is 12.4. The number of carbonyl (C=O) groups excluding carboxylic acids is 1. The molecule has 2 aliphatic rings. The van der Waals surface area contributed by atoms with Gasteiger partial charge in [-0.2, -0.15) is 15.0 Å². The minimum absolute atomic E-state index is 0.322. The van der Waals surface area contributed by atoms with Crippen LogP contribution in [0.25, 0.3) is 11.4 Å². The highest BCUT2D eigenvalue weighted by Crippen LogP contribution is 2.24. The Hall–Kier alpha value is -3.83.